The van der Waals surface area contributed by atoms with E-state index in [9.17, 15) is 14.3 Å². The molecule has 0 fully saturated rings. The number of aryl methyl sites for hydroxylation is 1. The molecule has 0 bridgehead atoms. The second kappa shape index (κ2) is 7.78. The molecule has 2 aromatic carbocycles. The Hall–Kier alpha value is -2.24. The summed E-state index contributed by atoms with van der Waals surface area (Å²) in [7, 11) is 0. The van der Waals surface area contributed by atoms with Crippen molar-refractivity contribution < 1.29 is 14.3 Å². The molecule has 1 aliphatic carbocycles. The molecule has 1 atom stereocenters. The van der Waals surface area contributed by atoms with Gasteiger partial charge in [-0.1, -0.05) is 29.4 Å². The van der Waals surface area contributed by atoms with Crippen LogP contribution in [0.3, 0.4) is 0 Å². The summed E-state index contributed by atoms with van der Waals surface area (Å²) >= 11 is 7.69. The first kappa shape index (κ1) is 19.7. The van der Waals surface area contributed by atoms with Gasteiger partial charge in [-0.05, 0) is 73.2 Å². The van der Waals surface area contributed by atoms with Gasteiger partial charge >= 0.3 is 5.97 Å². The highest BCUT2D eigenvalue weighted by Crippen LogP contribution is 2.49. The quantitative estimate of drug-likeness (QED) is 0.458. The fraction of sp³-hybridized carbons (Fsp3) is 0.292. The summed E-state index contributed by atoms with van der Waals surface area (Å²) < 4.78 is 16.8. The number of carboxylic acids is 1. The van der Waals surface area contributed by atoms with Crippen LogP contribution >= 0.6 is 23.4 Å². The van der Waals surface area contributed by atoms with Crippen LogP contribution in [0.4, 0.5) is 4.39 Å². The number of nitrogens with zero attached hydrogens (tertiary/aromatic N) is 1. The van der Waals surface area contributed by atoms with Crippen molar-refractivity contribution in [3.8, 4) is 0 Å². The van der Waals surface area contributed by atoms with Gasteiger partial charge in [-0.15, -0.1) is 0 Å². The van der Waals surface area contributed by atoms with Gasteiger partial charge < -0.3 is 9.67 Å². The van der Waals surface area contributed by atoms with Crippen molar-refractivity contribution in [1.82, 2.24) is 4.57 Å². The number of carbonyl (C=O) groups is 1. The fourth-order valence-electron chi connectivity index (χ4n) is 4.79. The standard InChI is InChI=1S/C24H21ClFNO2S/c25-16-5-7-18(8-6-16)30-24-22-19(14-3-1-2-4-14)12-17(26)13-20(22)27-10-9-15(23(24)27)11-21(28)29/h3,5-8,12-13,15H,1-2,4,9-11H2,(H,28,29). The summed E-state index contributed by atoms with van der Waals surface area (Å²) in [5, 5.41) is 11.2. The molecule has 0 saturated heterocycles. The largest absolute Gasteiger partial charge is 0.481 e. The van der Waals surface area contributed by atoms with E-state index in [1.807, 2.05) is 24.3 Å². The van der Waals surface area contributed by atoms with Crippen LogP contribution in [0.1, 0.15) is 49.3 Å². The number of halogens is 2. The summed E-state index contributed by atoms with van der Waals surface area (Å²) in [5.74, 6) is -1.11. The predicted octanol–water partition coefficient (Wildman–Crippen LogP) is 7.11. The summed E-state index contributed by atoms with van der Waals surface area (Å²) in [6, 6.07) is 10.9. The zero-order valence-electron chi connectivity index (χ0n) is 16.3. The van der Waals surface area contributed by atoms with Gasteiger partial charge in [0.15, 0.2) is 0 Å². The lowest BCUT2D eigenvalue weighted by molar-refractivity contribution is -0.137. The van der Waals surface area contributed by atoms with Crippen molar-refractivity contribution in [3.63, 3.8) is 0 Å². The Bertz CT molecular complexity index is 1180. The average Bonchev–Trinajstić information content (AvgIpc) is 3.42. The first-order valence-corrected chi connectivity index (χ1v) is 11.4. The molecule has 154 valence electrons. The Labute approximate surface area is 183 Å². The third-order valence-electron chi connectivity index (χ3n) is 6.05. The highest BCUT2D eigenvalue weighted by atomic mass is 35.5. The number of hydrogen-bond acceptors (Lipinski definition) is 2. The van der Waals surface area contributed by atoms with Crippen LogP contribution < -0.4 is 0 Å². The molecule has 1 aliphatic heterocycles. The maximum absolute atomic E-state index is 14.7. The monoisotopic (exact) mass is 441 g/mol. The Morgan fingerprint density at radius 2 is 2.07 bits per heavy atom. The van der Waals surface area contributed by atoms with Crippen LogP contribution in [0.2, 0.25) is 5.02 Å². The maximum Gasteiger partial charge on any atom is 0.304 e. The molecule has 1 aromatic heterocycles. The summed E-state index contributed by atoms with van der Waals surface area (Å²) in [5.41, 5.74) is 4.04. The van der Waals surface area contributed by atoms with Crippen molar-refractivity contribution in [2.24, 2.45) is 0 Å². The van der Waals surface area contributed by atoms with Gasteiger partial charge in [0.1, 0.15) is 5.82 Å². The minimum absolute atomic E-state index is 0.0711. The number of benzene rings is 2. The number of aliphatic carboxylic acids is 1. The minimum Gasteiger partial charge on any atom is -0.481 e. The maximum atomic E-state index is 14.7. The van der Waals surface area contributed by atoms with Gasteiger partial charge in [-0.3, -0.25) is 4.79 Å². The van der Waals surface area contributed by atoms with E-state index in [1.165, 1.54) is 5.57 Å². The van der Waals surface area contributed by atoms with Crippen LogP contribution in [-0.2, 0) is 11.3 Å². The Morgan fingerprint density at radius 3 is 2.77 bits per heavy atom. The van der Waals surface area contributed by atoms with Crippen molar-refractivity contribution in [2.75, 3.05) is 0 Å². The molecule has 1 unspecified atom stereocenters. The van der Waals surface area contributed by atoms with Crippen molar-refractivity contribution in [1.29, 1.82) is 0 Å². The van der Waals surface area contributed by atoms with Crippen LogP contribution in [-0.4, -0.2) is 15.6 Å². The van der Waals surface area contributed by atoms with Gasteiger partial charge in [0.25, 0.3) is 0 Å². The van der Waals surface area contributed by atoms with E-state index in [0.717, 1.165) is 57.6 Å². The number of aromatic nitrogens is 1. The van der Waals surface area contributed by atoms with E-state index < -0.39 is 5.97 Å². The van der Waals surface area contributed by atoms with Crippen molar-refractivity contribution >= 4 is 45.8 Å². The molecule has 1 N–H and O–H groups in total. The molecular formula is C24H21ClFNO2S. The summed E-state index contributed by atoms with van der Waals surface area (Å²) in [6.07, 6.45) is 6.11. The molecule has 0 radical (unpaired) electrons. The van der Waals surface area contributed by atoms with E-state index in [0.29, 0.717) is 11.6 Å². The smallest absolute Gasteiger partial charge is 0.304 e. The lowest BCUT2D eigenvalue weighted by Crippen LogP contribution is -2.04. The predicted molar refractivity (Wildman–Crippen MR) is 119 cm³/mol. The number of hydrogen-bond donors (Lipinski definition) is 1. The highest BCUT2D eigenvalue weighted by molar-refractivity contribution is 7.99. The first-order valence-electron chi connectivity index (χ1n) is 10.2. The number of fused-ring (bicyclic) bond motifs is 3. The van der Waals surface area contributed by atoms with Gasteiger partial charge in [-0.25, -0.2) is 4.39 Å². The molecule has 0 amide bonds. The van der Waals surface area contributed by atoms with E-state index in [1.54, 1.807) is 23.9 Å². The highest BCUT2D eigenvalue weighted by Gasteiger charge is 2.33. The molecule has 3 nitrogen and oxygen atoms in total. The zero-order valence-corrected chi connectivity index (χ0v) is 17.9. The number of rotatable bonds is 5. The normalized spacial score (nSPS) is 18.1. The summed E-state index contributed by atoms with van der Waals surface area (Å²) in [6.45, 7) is 0.715. The minimum atomic E-state index is -0.800. The molecule has 2 aliphatic rings. The molecule has 6 heteroatoms. The molecule has 0 saturated carbocycles. The molecular weight excluding hydrogens is 421 g/mol. The SMILES string of the molecule is O=C(O)CC1CCn2c1c(Sc1ccc(Cl)cc1)c1c(C3=CCCC3)cc(F)cc12. The van der Waals surface area contributed by atoms with Crippen LogP contribution in [0, 0.1) is 5.82 Å². The fourth-order valence-corrected chi connectivity index (χ4v) is 6.13. The second-order valence-corrected chi connectivity index (χ2v) is 9.49. The molecule has 30 heavy (non-hydrogen) atoms. The first-order chi connectivity index (χ1) is 14.5. The van der Waals surface area contributed by atoms with E-state index in [-0.39, 0.29) is 18.2 Å². The zero-order chi connectivity index (χ0) is 20.8. The van der Waals surface area contributed by atoms with Crippen molar-refractivity contribution in [3.05, 3.63) is 64.6 Å². The van der Waals surface area contributed by atoms with Gasteiger partial charge in [0.2, 0.25) is 0 Å². The number of allylic oxidation sites excluding steroid dienone is 2. The second-order valence-electron chi connectivity index (χ2n) is 7.97. The molecule has 5 rings (SSSR count). The van der Waals surface area contributed by atoms with Crippen molar-refractivity contribution in [2.45, 2.75) is 54.4 Å². The molecule has 3 aromatic rings. The van der Waals surface area contributed by atoms with Gasteiger partial charge in [-0.2, -0.15) is 0 Å². The summed E-state index contributed by atoms with van der Waals surface area (Å²) in [4.78, 5) is 13.6. The van der Waals surface area contributed by atoms with Gasteiger partial charge in [0.05, 0.1) is 11.9 Å². The Kier molecular flexibility index (Phi) is 5.11. The van der Waals surface area contributed by atoms with E-state index >= 15 is 0 Å². The Morgan fingerprint density at radius 1 is 1.27 bits per heavy atom. The van der Waals surface area contributed by atoms with E-state index in [4.69, 9.17) is 11.6 Å². The van der Waals surface area contributed by atoms with Crippen LogP contribution in [0.25, 0.3) is 16.5 Å². The topological polar surface area (TPSA) is 42.2 Å². The number of carboxylic acid groups (broad SMARTS) is 1. The third-order valence-corrected chi connectivity index (χ3v) is 7.43. The van der Waals surface area contributed by atoms with Crippen LogP contribution in [0.5, 0.6) is 0 Å². The average molecular weight is 442 g/mol. The third kappa shape index (κ3) is 3.44. The molecule has 2 heterocycles. The Balaban J connectivity index is 1.75. The molecule has 0 spiro atoms. The van der Waals surface area contributed by atoms with Gasteiger partial charge in [0, 0.05) is 38.4 Å². The lowest BCUT2D eigenvalue weighted by Gasteiger charge is -2.12. The van der Waals surface area contributed by atoms with Crippen LogP contribution in [0.15, 0.2) is 52.3 Å². The van der Waals surface area contributed by atoms with E-state index in [2.05, 4.69) is 10.6 Å². The lowest BCUT2D eigenvalue weighted by atomic mass is 9.97.